The Bertz CT molecular complexity index is 2520. The smallest absolute Gasteiger partial charge is 0.227 e. The van der Waals surface area contributed by atoms with Crippen molar-refractivity contribution in [2.24, 2.45) is 0 Å². The summed E-state index contributed by atoms with van der Waals surface area (Å²) in [6.45, 7) is 0. The fourth-order valence-electron chi connectivity index (χ4n) is 6.14. The van der Waals surface area contributed by atoms with Crippen LogP contribution in [0.2, 0.25) is 0 Å². The molecule has 0 unspecified atom stereocenters. The van der Waals surface area contributed by atoms with Crippen molar-refractivity contribution in [2.45, 2.75) is 0 Å². The molecule has 9 rings (SSSR count). The number of fused-ring (bicyclic) bond motifs is 4. The molecule has 0 saturated heterocycles. The molecule has 0 fully saturated rings. The Morgan fingerprint density at radius 3 is 1.85 bits per heavy atom. The zero-order chi connectivity index (χ0) is 30.5. The van der Waals surface area contributed by atoms with Gasteiger partial charge in [-0.3, -0.25) is 0 Å². The van der Waals surface area contributed by atoms with Crippen molar-refractivity contribution < 1.29 is 4.42 Å². The first-order valence-corrected chi connectivity index (χ1v) is 15.2. The number of oxazole rings is 1. The average Bonchev–Trinajstić information content (AvgIpc) is 3.72. The molecule has 6 heteroatoms. The van der Waals surface area contributed by atoms with Crippen LogP contribution in [0.3, 0.4) is 0 Å². The van der Waals surface area contributed by atoms with Crippen LogP contribution in [0.5, 0.6) is 0 Å². The summed E-state index contributed by atoms with van der Waals surface area (Å²) in [5, 5.41) is 2.36. The van der Waals surface area contributed by atoms with E-state index in [0.717, 1.165) is 44.5 Å². The average molecular weight is 592 g/mol. The highest BCUT2D eigenvalue weighted by Crippen LogP contribution is 2.36. The Morgan fingerprint density at radius 1 is 0.435 bits per heavy atom. The Balaban J connectivity index is 1.27. The monoisotopic (exact) mass is 591 g/mol. The largest absolute Gasteiger partial charge is 0.435 e. The minimum absolute atomic E-state index is 0.522. The second-order valence-corrected chi connectivity index (χ2v) is 11.1. The van der Waals surface area contributed by atoms with Crippen molar-refractivity contribution in [3.63, 3.8) is 0 Å². The van der Waals surface area contributed by atoms with Gasteiger partial charge in [0.25, 0.3) is 0 Å². The molecule has 0 saturated carbocycles. The summed E-state index contributed by atoms with van der Waals surface area (Å²) >= 11 is 0. The van der Waals surface area contributed by atoms with Crippen LogP contribution in [0.1, 0.15) is 0 Å². The lowest BCUT2D eigenvalue weighted by Gasteiger charge is -2.10. The lowest BCUT2D eigenvalue weighted by molar-refractivity contribution is 0.620. The first kappa shape index (κ1) is 26.0. The highest BCUT2D eigenvalue weighted by Gasteiger charge is 2.19. The van der Waals surface area contributed by atoms with E-state index in [9.17, 15) is 0 Å². The van der Waals surface area contributed by atoms with Crippen LogP contribution < -0.4 is 0 Å². The molecule has 9 aromatic rings. The van der Waals surface area contributed by atoms with Crippen LogP contribution in [0.4, 0.5) is 0 Å². The summed E-state index contributed by atoms with van der Waals surface area (Å²) in [7, 11) is 0. The molecule has 0 radical (unpaired) electrons. The van der Waals surface area contributed by atoms with Gasteiger partial charge in [-0.15, -0.1) is 0 Å². The van der Waals surface area contributed by atoms with Gasteiger partial charge in [0.15, 0.2) is 23.1 Å². The van der Waals surface area contributed by atoms with Crippen molar-refractivity contribution in [1.29, 1.82) is 0 Å². The molecule has 0 aliphatic rings. The lowest BCUT2D eigenvalue weighted by atomic mass is 10.1. The van der Waals surface area contributed by atoms with E-state index < -0.39 is 0 Å². The molecule has 3 heterocycles. The summed E-state index contributed by atoms with van der Waals surface area (Å²) in [5.74, 6) is 2.24. The fraction of sp³-hybridized carbons (Fsp3) is 0. The maximum absolute atomic E-state index is 6.37. The summed E-state index contributed by atoms with van der Waals surface area (Å²) in [5.41, 5.74) is 8.17. The Labute approximate surface area is 264 Å². The molecule has 216 valence electrons. The first-order chi connectivity index (χ1) is 22.8. The van der Waals surface area contributed by atoms with E-state index >= 15 is 0 Å². The number of aromatic nitrogens is 5. The van der Waals surface area contributed by atoms with Gasteiger partial charge in [0.05, 0.1) is 16.6 Å². The van der Waals surface area contributed by atoms with Crippen molar-refractivity contribution in [2.75, 3.05) is 0 Å². The van der Waals surface area contributed by atoms with E-state index in [0.29, 0.717) is 28.9 Å². The van der Waals surface area contributed by atoms with Crippen LogP contribution in [-0.2, 0) is 0 Å². The standard InChI is InChI=1S/C40H25N5O/c1-4-13-26(14-5-1)37-42-38(44-39(43-37)32-20-12-21-33-36(32)46-40(41-33)27-15-6-2-7-16-27)28-23-24-31-30-19-10-11-22-34(30)45(35(31)25-28)29-17-8-3-9-18-29/h1-25H. The van der Waals surface area contributed by atoms with Gasteiger partial charge in [-0.25, -0.2) is 19.9 Å². The van der Waals surface area contributed by atoms with Crippen LogP contribution in [0.25, 0.3) is 84.2 Å². The third kappa shape index (κ3) is 4.35. The van der Waals surface area contributed by atoms with Gasteiger partial charge < -0.3 is 8.98 Å². The van der Waals surface area contributed by atoms with Crippen molar-refractivity contribution in [3.05, 3.63) is 152 Å². The van der Waals surface area contributed by atoms with Crippen LogP contribution >= 0.6 is 0 Å². The maximum Gasteiger partial charge on any atom is 0.227 e. The van der Waals surface area contributed by atoms with Gasteiger partial charge in [-0.2, -0.15) is 0 Å². The van der Waals surface area contributed by atoms with Gasteiger partial charge in [-0.05, 0) is 48.5 Å². The van der Waals surface area contributed by atoms with Crippen molar-refractivity contribution in [3.8, 4) is 51.3 Å². The number of hydrogen-bond donors (Lipinski definition) is 0. The number of rotatable bonds is 5. The van der Waals surface area contributed by atoms with Gasteiger partial charge >= 0.3 is 0 Å². The number of benzene rings is 6. The minimum atomic E-state index is 0.522. The topological polar surface area (TPSA) is 69.6 Å². The summed E-state index contributed by atoms with van der Waals surface area (Å²) < 4.78 is 8.67. The summed E-state index contributed by atoms with van der Waals surface area (Å²) in [6, 6.07) is 51.2. The molecule has 46 heavy (non-hydrogen) atoms. The molecule has 0 amide bonds. The van der Waals surface area contributed by atoms with Crippen LogP contribution in [0.15, 0.2) is 156 Å². The van der Waals surface area contributed by atoms with E-state index in [4.69, 9.17) is 24.4 Å². The highest BCUT2D eigenvalue weighted by atomic mass is 16.3. The van der Waals surface area contributed by atoms with Gasteiger partial charge in [0, 0.05) is 33.2 Å². The molecule has 3 aromatic heterocycles. The van der Waals surface area contributed by atoms with Crippen molar-refractivity contribution >= 4 is 32.9 Å². The molecule has 0 aliphatic carbocycles. The molecular weight excluding hydrogens is 566 g/mol. The zero-order valence-electron chi connectivity index (χ0n) is 24.6. The molecule has 0 bridgehead atoms. The number of hydrogen-bond acceptors (Lipinski definition) is 5. The molecule has 0 atom stereocenters. The fourth-order valence-corrected chi connectivity index (χ4v) is 6.14. The van der Waals surface area contributed by atoms with Gasteiger partial charge in [-0.1, -0.05) is 103 Å². The number of nitrogens with zero attached hydrogens (tertiary/aromatic N) is 5. The van der Waals surface area contributed by atoms with E-state index in [1.54, 1.807) is 0 Å². The zero-order valence-corrected chi connectivity index (χ0v) is 24.6. The summed E-state index contributed by atoms with van der Waals surface area (Å²) in [6.07, 6.45) is 0. The predicted molar refractivity (Wildman–Crippen MR) is 183 cm³/mol. The van der Waals surface area contributed by atoms with Crippen LogP contribution in [0, 0.1) is 0 Å². The highest BCUT2D eigenvalue weighted by molar-refractivity contribution is 6.10. The second-order valence-electron chi connectivity index (χ2n) is 11.1. The second kappa shape index (κ2) is 10.6. The van der Waals surface area contributed by atoms with Crippen LogP contribution in [-0.4, -0.2) is 24.5 Å². The van der Waals surface area contributed by atoms with E-state index in [1.807, 2.05) is 84.9 Å². The molecule has 0 spiro atoms. The van der Waals surface area contributed by atoms with Gasteiger partial charge in [0.2, 0.25) is 5.89 Å². The maximum atomic E-state index is 6.37. The normalized spacial score (nSPS) is 11.5. The predicted octanol–water partition coefficient (Wildman–Crippen LogP) is 9.78. The van der Waals surface area contributed by atoms with Gasteiger partial charge in [0.1, 0.15) is 5.52 Å². The molecule has 0 aliphatic heterocycles. The SMILES string of the molecule is c1ccc(-c2nc(-c3ccc4c5ccccc5n(-c5ccccc5)c4c3)nc(-c3cccc4nc(-c5ccccc5)oc34)n2)cc1. The first-order valence-electron chi connectivity index (χ1n) is 15.2. The van der Waals surface area contributed by atoms with Crippen molar-refractivity contribution in [1.82, 2.24) is 24.5 Å². The Morgan fingerprint density at radius 2 is 1.07 bits per heavy atom. The van der Waals surface area contributed by atoms with E-state index in [1.165, 1.54) is 10.8 Å². The minimum Gasteiger partial charge on any atom is -0.435 e. The Kier molecular flexibility index (Phi) is 6.03. The molecular formula is C40H25N5O. The quantitative estimate of drug-likeness (QED) is 0.199. The Hall–Kier alpha value is -6.40. The third-order valence-corrected chi connectivity index (χ3v) is 8.29. The van der Waals surface area contributed by atoms with E-state index in [2.05, 4.69) is 71.3 Å². The lowest BCUT2D eigenvalue weighted by Crippen LogP contribution is -2.00. The summed E-state index contributed by atoms with van der Waals surface area (Å²) in [4.78, 5) is 19.9. The molecule has 0 N–H and O–H groups in total. The third-order valence-electron chi connectivity index (χ3n) is 8.29. The molecule has 6 aromatic carbocycles. The molecule has 6 nitrogen and oxygen atoms in total. The number of para-hydroxylation sites is 3. The van der Waals surface area contributed by atoms with E-state index in [-0.39, 0.29) is 0 Å².